The summed E-state index contributed by atoms with van der Waals surface area (Å²) >= 11 is 0. The molecule has 0 radical (unpaired) electrons. The highest BCUT2D eigenvalue weighted by Crippen LogP contribution is 2.30. The highest BCUT2D eigenvalue weighted by atomic mass is 32.2. The lowest BCUT2D eigenvalue weighted by atomic mass is 9.89. The summed E-state index contributed by atoms with van der Waals surface area (Å²) in [5.74, 6) is -0.370. The lowest BCUT2D eigenvalue weighted by molar-refractivity contribution is 0.580. The van der Waals surface area contributed by atoms with Gasteiger partial charge in [-0.3, -0.25) is 4.79 Å². The maximum Gasteiger partial charge on any atom is 0.269 e. The fourth-order valence-electron chi connectivity index (χ4n) is 4.19. The van der Waals surface area contributed by atoms with Gasteiger partial charge in [0.1, 0.15) is 5.82 Å². The van der Waals surface area contributed by atoms with Crippen molar-refractivity contribution in [3.63, 3.8) is 0 Å². The molecule has 4 rings (SSSR count). The number of rotatable bonds is 6. The van der Waals surface area contributed by atoms with Crippen LogP contribution in [-0.4, -0.2) is 18.2 Å². The number of halogens is 1. The molecule has 0 unspecified atom stereocenters. The van der Waals surface area contributed by atoms with Crippen molar-refractivity contribution < 1.29 is 12.8 Å². The summed E-state index contributed by atoms with van der Waals surface area (Å²) in [7, 11) is -2.19. The lowest BCUT2D eigenvalue weighted by Gasteiger charge is -2.20. The quantitative estimate of drug-likeness (QED) is 0.617. The average Bonchev–Trinajstić information content (AvgIpc) is 2.80. The minimum atomic E-state index is -3.82. The summed E-state index contributed by atoms with van der Waals surface area (Å²) in [5, 5.41) is 4.49. The number of nitrogens with zero attached hydrogens (tertiary/aromatic N) is 2. The first-order valence-electron chi connectivity index (χ1n) is 10.8. The Labute approximate surface area is 187 Å². The number of fused-ring (bicyclic) bond motifs is 1. The molecular formula is C24H26FN3O3S. The molecule has 1 aromatic heterocycles. The molecule has 1 aliphatic carbocycles. The van der Waals surface area contributed by atoms with Gasteiger partial charge in [-0.2, -0.15) is 5.10 Å². The van der Waals surface area contributed by atoms with E-state index in [0.29, 0.717) is 28.8 Å². The maximum atomic E-state index is 13.2. The fourth-order valence-corrected chi connectivity index (χ4v) is 5.54. The van der Waals surface area contributed by atoms with E-state index in [2.05, 4.69) is 9.82 Å². The smallest absolute Gasteiger partial charge is 0.268 e. The summed E-state index contributed by atoms with van der Waals surface area (Å²) in [6.07, 6.45) is 3.97. The van der Waals surface area contributed by atoms with Crippen molar-refractivity contribution in [2.75, 3.05) is 0 Å². The van der Waals surface area contributed by atoms with Gasteiger partial charge in [-0.15, -0.1) is 0 Å². The zero-order chi connectivity index (χ0) is 22.9. The predicted molar refractivity (Wildman–Crippen MR) is 121 cm³/mol. The molecule has 0 aliphatic heterocycles. The first-order chi connectivity index (χ1) is 15.3. The highest BCUT2D eigenvalue weighted by molar-refractivity contribution is 7.89. The van der Waals surface area contributed by atoms with Crippen LogP contribution in [0.5, 0.6) is 0 Å². The summed E-state index contributed by atoms with van der Waals surface area (Å²) < 4.78 is 43.5. The monoisotopic (exact) mass is 455 g/mol. The Bertz CT molecular complexity index is 1320. The van der Waals surface area contributed by atoms with E-state index in [-0.39, 0.29) is 22.8 Å². The van der Waals surface area contributed by atoms with Crippen LogP contribution in [0.15, 0.2) is 52.2 Å². The number of benzene rings is 2. The van der Waals surface area contributed by atoms with Crippen LogP contribution in [-0.2, 0) is 42.9 Å². The van der Waals surface area contributed by atoms with E-state index in [4.69, 9.17) is 0 Å². The molecule has 8 heteroatoms. The van der Waals surface area contributed by atoms with Crippen LogP contribution >= 0.6 is 0 Å². The second-order valence-corrected chi connectivity index (χ2v) is 9.80. The third kappa shape index (κ3) is 4.38. The number of hydrogen-bond acceptors (Lipinski definition) is 4. The summed E-state index contributed by atoms with van der Waals surface area (Å²) in [6.45, 7) is 1.96. The van der Waals surface area contributed by atoms with Crippen LogP contribution in [0.25, 0.3) is 11.3 Å². The van der Waals surface area contributed by atoms with E-state index in [9.17, 15) is 17.6 Å². The SMILES string of the molecule is CCc1ccc(-c2nn(C)c(=O)c3c2CCCC3)cc1S(=O)(=O)NCc1ccc(F)cc1. The Balaban J connectivity index is 1.74. The van der Waals surface area contributed by atoms with E-state index < -0.39 is 10.0 Å². The topological polar surface area (TPSA) is 81.1 Å². The van der Waals surface area contributed by atoms with Gasteiger partial charge in [0.2, 0.25) is 10.0 Å². The predicted octanol–water partition coefficient (Wildman–Crippen LogP) is 3.51. The zero-order valence-corrected chi connectivity index (χ0v) is 19.0. The van der Waals surface area contributed by atoms with Gasteiger partial charge in [-0.1, -0.05) is 31.2 Å². The van der Waals surface area contributed by atoms with Gasteiger partial charge in [-0.05, 0) is 67.0 Å². The molecule has 32 heavy (non-hydrogen) atoms. The first kappa shape index (κ1) is 22.4. The summed E-state index contributed by atoms with van der Waals surface area (Å²) in [6, 6.07) is 11.0. The molecule has 0 fully saturated rings. The van der Waals surface area contributed by atoms with Crippen LogP contribution in [0.1, 0.15) is 42.0 Å². The number of aryl methyl sites for hydroxylation is 2. The molecule has 1 heterocycles. The molecular weight excluding hydrogens is 429 g/mol. The van der Waals surface area contributed by atoms with Crippen molar-refractivity contribution in [2.45, 2.75) is 50.5 Å². The Kier molecular flexibility index (Phi) is 6.26. The van der Waals surface area contributed by atoms with E-state index in [1.54, 1.807) is 25.2 Å². The molecule has 3 aromatic rings. The van der Waals surface area contributed by atoms with Crippen LogP contribution in [0.2, 0.25) is 0 Å². The zero-order valence-electron chi connectivity index (χ0n) is 18.2. The Hall–Kier alpha value is -2.84. The number of sulfonamides is 1. The second kappa shape index (κ2) is 8.96. The van der Waals surface area contributed by atoms with Crippen molar-refractivity contribution in [1.29, 1.82) is 0 Å². The summed E-state index contributed by atoms with van der Waals surface area (Å²) in [4.78, 5) is 12.7. The molecule has 0 saturated heterocycles. The third-order valence-electron chi connectivity index (χ3n) is 5.95. The van der Waals surface area contributed by atoms with Crippen LogP contribution in [0, 0.1) is 5.82 Å². The molecule has 0 bridgehead atoms. The molecule has 0 amide bonds. The first-order valence-corrected chi connectivity index (χ1v) is 12.2. The Morgan fingerprint density at radius 1 is 1.06 bits per heavy atom. The molecule has 1 aliphatic rings. The van der Waals surface area contributed by atoms with E-state index in [1.165, 1.54) is 16.8 Å². The van der Waals surface area contributed by atoms with Gasteiger partial charge in [0.15, 0.2) is 0 Å². The standard InChI is InChI=1S/C24H26FN3O3S/c1-3-17-10-11-18(23-20-6-4-5-7-21(20)24(29)28(2)27-23)14-22(17)32(30,31)26-15-16-8-12-19(25)13-9-16/h8-14,26H,3-7,15H2,1-2H3. The minimum Gasteiger partial charge on any atom is -0.268 e. The van der Waals surface area contributed by atoms with Gasteiger partial charge < -0.3 is 0 Å². The minimum absolute atomic E-state index is 0.0590. The van der Waals surface area contributed by atoms with Gasteiger partial charge >= 0.3 is 0 Å². The number of hydrogen-bond donors (Lipinski definition) is 1. The van der Waals surface area contributed by atoms with Gasteiger partial charge in [0.05, 0.1) is 10.6 Å². The highest BCUT2D eigenvalue weighted by Gasteiger charge is 2.23. The van der Waals surface area contributed by atoms with Crippen LogP contribution in [0.3, 0.4) is 0 Å². The Morgan fingerprint density at radius 2 is 1.75 bits per heavy atom. The molecule has 6 nitrogen and oxygen atoms in total. The van der Waals surface area contributed by atoms with Gasteiger partial charge in [0, 0.05) is 24.7 Å². The van der Waals surface area contributed by atoms with Crippen molar-refractivity contribution >= 4 is 10.0 Å². The van der Waals surface area contributed by atoms with Crippen molar-refractivity contribution in [3.05, 3.63) is 80.9 Å². The summed E-state index contributed by atoms with van der Waals surface area (Å²) in [5.41, 5.74) is 4.32. The van der Waals surface area contributed by atoms with Crippen molar-refractivity contribution in [3.8, 4) is 11.3 Å². The average molecular weight is 456 g/mol. The molecule has 0 atom stereocenters. The number of aromatic nitrogens is 2. The normalized spacial score (nSPS) is 13.7. The van der Waals surface area contributed by atoms with E-state index in [1.807, 2.05) is 19.1 Å². The van der Waals surface area contributed by atoms with Crippen molar-refractivity contribution in [2.24, 2.45) is 7.05 Å². The van der Waals surface area contributed by atoms with E-state index in [0.717, 1.165) is 36.8 Å². The lowest BCUT2D eigenvalue weighted by Crippen LogP contribution is -2.28. The van der Waals surface area contributed by atoms with Crippen LogP contribution in [0.4, 0.5) is 4.39 Å². The molecule has 2 aromatic carbocycles. The molecule has 168 valence electrons. The van der Waals surface area contributed by atoms with Gasteiger partial charge in [0.25, 0.3) is 5.56 Å². The fraction of sp³-hybridized carbons (Fsp3) is 0.333. The largest absolute Gasteiger partial charge is 0.269 e. The van der Waals surface area contributed by atoms with Crippen LogP contribution < -0.4 is 10.3 Å². The molecule has 1 N–H and O–H groups in total. The Morgan fingerprint density at radius 3 is 2.44 bits per heavy atom. The second-order valence-electron chi connectivity index (χ2n) is 8.07. The van der Waals surface area contributed by atoms with E-state index >= 15 is 0 Å². The van der Waals surface area contributed by atoms with Gasteiger partial charge in [-0.25, -0.2) is 22.2 Å². The molecule has 0 saturated carbocycles. The van der Waals surface area contributed by atoms with Crippen molar-refractivity contribution in [1.82, 2.24) is 14.5 Å². The third-order valence-corrected chi connectivity index (χ3v) is 7.43. The maximum absolute atomic E-state index is 13.2. The number of nitrogens with one attached hydrogen (secondary N) is 1. The molecule has 0 spiro atoms.